The van der Waals surface area contributed by atoms with Gasteiger partial charge in [0.05, 0.1) is 0 Å². The van der Waals surface area contributed by atoms with Crippen LogP contribution in [0.2, 0.25) is 0 Å². The number of anilines is 2. The molecule has 0 bridgehead atoms. The predicted molar refractivity (Wildman–Crippen MR) is 222 cm³/mol. The van der Waals surface area contributed by atoms with Gasteiger partial charge in [-0.3, -0.25) is 29.4 Å². The summed E-state index contributed by atoms with van der Waals surface area (Å²) in [6.45, 7) is 9.51. The summed E-state index contributed by atoms with van der Waals surface area (Å²) in [5.41, 5.74) is 10.0. The summed E-state index contributed by atoms with van der Waals surface area (Å²) in [6.07, 6.45) is 3.89. The Labute approximate surface area is 334 Å². The van der Waals surface area contributed by atoms with Crippen molar-refractivity contribution in [3.05, 3.63) is 125 Å². The summed E-state index contributed by atoms with van der Waals surface area (Å²) in [4.78, 5) is 54.8. The molecule has 4 aromatic carbocycles. The molecule has 0 aromatic heterocycles. The van der Waals surface area contributed by atoms with Crippen LogP contribution in [0.1, 0.15) is 71.6 Å². The van der Waals surface area contributed by atoms with Crippen LogP contribution in [0.4, 0.5) is 11.4 Å². The Kier molecular flexibility index (Phi) is 12.3. The topological polar surface area (TPSA) is 134 Å². The number of nitrogens with one attached hydrogen (secondary N) is 1. The zero-order chi connectivity index (χ0) is 39.9. The second-order valence-corrected chi connectivity index (χ2v) is 15.2. The lowest BCUT2D eigenvalue weighted by molar-refractivity contribution is -0.137. The van der Waals surface area contributed by atoms with Crippen molar-refractivity contribution in [1.82, 2.24) is 15.1 Å². The van der Waals surface area contributed by atoms with Crippen molar-refractivity contribution in [3.63, 3.8) is 0 Å². The normalized spacial score (nSPS) is 19.4. The minimum atomic E-state index is -0.589. The first-order valence-electron chi connectivity index (χ1n) is 20.0. The molecular formula is C46H51N5O6. The number of carbonyl (C=O) groups is 4. The van der Waals surface area contributed by atoms with Crippen molar-refractivity contribution < 1.29 is 29.4 Å². The summed E-state index contributed by atoms with van der Waals surface area (Å²) >= 11 is 0. The number of phenols is 1. The van der Waals surface area contributed by atoms with Crippen LogP contribution in [0.25, 0.3) is 11.1 Å². The number of allylic oxidation sites excluding steroid dienone is 1. The van der Waals surface area contributed by atoms with Crippen LogP contribution in [0.5, 0.6) is 5.75 Å². The monoisotopic (exact) mass is 769 g/mol. The molecule has 3 N–H and O–H groups in total. The van der Waals surface area contributed by atoms with Gasteiger partial charge in [-0.05, 0) is 107 Å². The molecule has 11 nitrogen and oxygen atoms in total. The number of benzene rings is 4. The fourth-order valence-corrected chi connectivity index (χ4v) is 8.83. The molecular weight excluding hydrogens is 719 g/mol. The second kappa shape index (κ2) is 17.9. The molecule has 4 aliphatic rings. The van der Waals surface area contributed by atoms with E-state index >= 15 is 0 Å². The lowest BCUT2D eigenvalue weighted by Gasteiger charge is -2.40. The third-order valence-corrected chi connectivity index (χ3v) is 11.8. The first kappa shape index (κ1) is 39.3. The second-order valence-electron chi connectivity index (χ2n) is 15.2. The number of carboxylic acid groups (broad SMARTS) is 1. The van der Waals surface area contributed by atoms with Gasteiger partial charge in [0.15, 0.2) is 0 Å². The molecule has 57 heavy (non-hydrogen) atoms. The molecule has 11 heteroatoms. The molecule has 4 heterocycles. The highest BCUT2D eigenvalue weighted by Crippen LogP contribution is 2.37. The molecule has 8 rings (SSSR count). The number of hydrogen-bond acceptors (Lipinski definition) is 8. The van der Waals surface area contributed by atoms with Crippen LogP contribution >= 0.6 is 0 Å². The average molecular weight is 770 g/mol. The van der Waals surface area contributed by atoms with Crippen molar-refractivity contribution in [3.8, 4) is 5.75 Å². The quantitative estimate of drug-likeness (QED) is 0.103. The number of fused-ring (bicyclic) bond motifs is 1. The predicted octanol–water partition coefficient (Wildman–Crippen LogP) is 6.26. The highest BCUT2D eigenvalue weighted by Gasteiger charge is 2.39. The number of piperazine rings is 1. The summed E-state index contributed by atoms with van der Waals surface area (Å²) in [6, 6.07) is 32.7. The minimum Gasteiger partial charge on any atom is -0.508 e. The van der Waals surface area contributed by atoms with E-state index in [0.29, 0.717) is 24.4 Å². The third-order valence-electron chi connectivity index (χ3n) is 11.8. The molecule has 0 saturated carbocycles. The van der Waals surface area contributed by atoms with Gasteiger partial charge < -0.3 is 24.9 Å². The largest absolute Gasteiger partial charge is 0.508 e. The van der Waals surface area contributed by atoms with Gasteiger partial charge in [0, 0.05) is 75.7 Å². The fraction of sp³-hybridized carbons (Fsp3) is 0.348. The fourth-order valence-electron chi connectivity index (χ4n) is 8.83. The SMILES string of the molecule is CCC(=C(c1ccc(O)cc1)c1ccc(N2CCC(CN3CCN(c4ccc5c(c4)CN(C4CCC(=O)NC4=O)C5=O)CC3)CC2)cc1)c1ccccc1.O=CO. The number of aromatic hydroxyl groups is 1. The molecule has 3 fully saturated rings. The van der Waals surface area contributed by atoms with Crippen LogP contribution in [0, 0.1) is 5.92 Å². The maximum atomic E-state index is 13.1. The summed E-state index contributed by atoms with van der Waals surface area (Å²) in [5.74, 6) is 0.185. The Balaban J connectivity index is 0.00000160. The van der Waals surface area contributed by atoms with E-state index in [0.717, 1.165) is 69.0 Å². The highest BCUT2D eigenvalue weighted by molar-refractivity contribution is 6.05. The molecule has 0 spiro atoms. The Hall–Kier alpha value is -5.94. The Morgan fingerprint density at radius 1 is 0.754 bits per heavy atom. The van der Waals surface area contributed by atoms with Gasteiger partial charge in [0.2, 0.25) is 11.8 Å². The molecule has 3 amide bonds. The molecule has 296 valence electrons. The first-order chi connectivity index (χ1) is 27.8. The molecule has 0 aliphatic carbocycles. The van der Waals surface area contributed by atoms with Gasteiger partial charge in [-0.15, -0.1) is 0 Å². The molecule has 4 aliphatic heterocycles. The van der Waals surface area contributed by atoms with E-state index < -0.39 is 6.04 Å². The minimum absolute atomic E-state index is 0.125. The average Bonchev–Trinajstić information content (AvgIpc) is 3.56. The van der Waals surface area contributed by atoms with E-state index in [2.05, 4.69) is 87.6 Å². The standard InChI is InChI=1S/C45H49N5O4.CH2O2/c1-2-39(32-6-4-3-5-7-32)43(34-10-15-38(51)16-11-34)33-8-12-36(13-9-33)48-22-20-31(21-23-48)29-47-24-26-49(27-25-47)37-14-17-40-35(28-37)30-50(45(40)54)41-18-19-42(52)46-44(41)53;2-1-3/h3-17,28,31,41,51H,2,18-27,29-30H2,1H3,(H,46,52,53);1H,(H,2,3). The van der Waals surface area contributed by atoms with E-state index in [4.69, 9.17) is 9.90 Å². The van der Waals surface area contributed by atoms with Crippen LogP contribution in [0.15, 0.2) is 97.1 Å². The number of piperidine rings is 2. The summed E-state index contributed by atoms with van der Waals surface area (Å²) in [7, 11) is 0. The maximum Gasteiger partial charge on any atom is 0.290 e. The molecule has 1 atom stereocenters. The van der Waals surface area contributed by atoms with Crippen molar-refractivity contribution in [2.45, 2.75) is 51.6 Å². The number of imide groups is 1. The van der Waals surface area contributed by atoms with Crippen LogP contribution in [-0.2, 0) is 20.9 Å². The molecule has 1 unspecified atom stereocenters. The van der Waals surface area contributed by atoms with Crippen LogP contribution in [-0.4, -0.2) is 96.1 Å². The number of rotatable bonds is 9. The molecule has 3 saturated heterocycles. The van der Waals surface area contributed by atoms with Crippen LogP contribution < -0.4 is 15.1 Å². The summed E-state index contributed by atoms with van der Waals surface area (Å²) < 4.78 is 0. The van der Waals surface area contributed by atoms with E-state index in [1.54, 1.807) is 17.0 Å². The molecule has 0 radical (unpaired) electrons. The van der Waals surface area contributed by atoms with Gasteiger partial charge in [0.25, 0.3) is 12.4 Å². The number of carbonyl (C=O) groups excluding carboxylic acids is 3. The number of nitrogens with zero attached hydrogens (tertiary/aromatic N) is 4. The number of hydrogen-bond donors (Lipinski definition) is 3. The Morgan fingerprint density at radius 2 is 1.37 bits per heavy atom. The van der Waals surface area contributed by atoms with E-state index in [-0.39, 0.29) is 36.4 Å². The smallest absolute Gasteiger partial charge is 0.290 e. The number of phenolic OH excluding ortho intramolecular Hbond substituents is 1. The first-order valence-corrected chi connectivity index (χ1v) is 20.0. The van der Waals surface area contributed by atoms with Gasteiger partial charge in [-0.1, -0.05) is 61.5 Å². The van der Waals surface area contributed by atoms with Crippen molar-refractivity contribution in [1.29, 1.82) is 0 Å². The number of amides is 3. The Bertz CT molecular complexity index is 2090. The van der Waals surface area contributed by atoms with E-state index in [1.807, 2.05) is 24.3 Å². The van der Waals surface area contributed by atoms with Crippen molar-refractivity contribution >= 4 is 46.7 Å². The Morgan fingerprint density at radius 3 is 2.00 bits per heavy atom. The zero-order valence-corrected chi connectivity index (χ0v) is 32.5. The highest BCUT2D eigenvalue weighted by atomic mass is 16.3. The van der Waals surface area contributed by atoms with Gasteiger partial charge in [-0.25, -0.2) is 0 Å². The van der Waals surface area contributed by atoms with E-state index in [9.17, 15) is 19.5 Å². The summed E-state index contributed by atoms with van der Waals surface area (Å²) in [5, 5.41) is 19.3. The van der Waals surface area contributed by atoms with Gasteiger partial charge in [0.1, 0.15) is 11.8 Å². The molecule has 4 aromatic rings. The van der Waals surface area contributed by atoms with E-state index in [1.165, 1.54) is 40.8 Å². The zero-order valence-electron chi connectivity index (χ0n) is 32.5. The third kappa shape index (κ3) is 8.89. The van der Waals surface area contributed by atoms with Crippen molar-refractivity contribution in [2.24, 2.45) is 5.92 Å². The lowest BCUT2D eigenvalue weighted by atomic mass is 9.88. The lowest BCUT2D eigenvalue weighted by Crippen LogP contribution is -2.52. The van der Waals surface area contributed by atoms with Crippen LogP contribution in [0.3, 0.4) is 0 Å². The van der Waals surface area contributed by atoms with Gasteiger partial charge >= 0.3 is 0 Å². The van der Waals surface area contributed by atoms with Crippen molar-refractivity contribution in [2.75, 3.05) is 55.6 Å². The maximum absolute atomic E-state index is 13.1. The van der Waals surface area contributed by atoms with Gasteiger partial charge in [-0.2, -0.15) is 0 Å².